The first-order chi connectivity index (χ1) is 12.2. The van der Waals surface area contributed by atoms with Crippen LogP contribution in [0.1, 0.15) is 11.1 Å². The van der Waals surface area contributed by atoms with Gasteiger partial charge in [-0.25, -0.2) is 14.9 Å². The van der Waals surface area contributed by atoms with E-state index in [-0.39, 0.29) is 5.91 Å². The molecule has 0 aliphatic carbocycles. The van der Waals surface area contributed by atoms with E-state index in [1.165, 1.54) is 11.3 Å². The van der Waals surface area contributed by atoms with Crippen LogP contribution in [0, 0.1) is 0 Å². The Bertz CT molecular complexity index is 964. The Kier molecular flexibility index (Phi) is 4.17. The molecule has 0 bridgehead atoms. The van der Waals surface area contributed by atoms with E-state index < -0.39 is 0 Å². The van der Waals surface area contributed by atoms with Crippen LogP contribution in [0.25, 0.3) is 6.08 Å². The second-order valence-corrected chi connectivity index (χ2v) is 6.65. The number of amides is 1. The maximum Gasteiger partial charge on any atom is 0.284 e. The van der Waals surface area contributed by atoms with Crippen LogP contribution in [-0.4, -0.2) is 16.7 Å². The zero-order valence-corrected chi connectivity index (χ0v) is 14.5. The van der Waals surface area contributed by atoms with Crippen molar-refractivity contribution in [3.05, 3.63) is 88.0 Å². The maximum absolute atomic E-state index is 12.9. The molecule has 1 aliphatic heterocycles. The Labute approximate surface area is 153 Å². The Morgan fingerprint density at radius 2 is 1.80 bits per heavy atom. The Morgan fingerprint density at radius 1 is 1.04 bits per heavy atom. The van der Waals surface area contributed by atoms with Crippen LogP contribution in [-0.2, 0) is 4.79 Å². The van der Waals surface area contributed by atoms with Crippen LogP contribution in [0.3, 0.4) is 0 Å². The third-order valence-electron chi connectivity index (χ3n) is 3.68. The van der Waals surface area contributed by atoms with Gasteiger partial charge in [-0.1, -0.05) is 54.1 Å². The first-order valence-electron chi connectivity index (χ1n) is 7.58. The molecule has 0 unspecified atom stereocenters. The van der Waals surface area contributed by atoms with E-state index in [1.807, 2.05) is 47.8 Å². The number of aliphatic imine (C=N–C) groups is 1. The van der Waals surface area contributed by atoms with Crippen LogP contribution in [0.2, 0.25) is 5.02 Å². The number of amidine groups is 1. The van der Waals surface area contributed by atoms with E-state index in [0.717, 1.165) is 11.1 Å². The predicted octanol–water partition coefficient (Wildman–Crippen LogP) is 4.63. The fourth-order valence-corrected chi connectivity index (χ4v) is 3.28. The summed E-state index contributed by atoms with van der Waals surface area (Å²) in [4.78, 5) is 23.4. The molecule has 0 radical (unpaired) electrons. The summed E-state index contributed by atoms with van der Waals surface area (Å²) in [5.41, 5.74) is 2.10. The lowest BCUT2D eigenvalue weighted by atomic mass is 10.2. The van der Waals surface area contributed by atoms with Crippen LogP contribution < -0.4 is 4.90 Å². The molecule has 4 rings (SSSR count). The van der Waals surface area contributed by atoms with Crippen molar-refractivity contribution in [1.29, 1.82) is 0 Å². The lowest BCUT2D eigenvalue weighted by Gasteiger charge is -2.14. The molecule has 1 aromatic heterocycles. The highest BCUT2D eigenvalue weighted by atomic mass is 35.5. The van der Waals surface area contributed by atoms with Gasteiger partial charge in [-0.15, -0.1) is 11.3 Å². The second kappa shape index (κ2) is 6.63. The van der Waals surface area contributed by atoms with Crippen molar-refractivity contribution in [1.82, 2.24) is 4.98 Å². The number of carbonyl (C=O) groups is 1. The average molecular weight is 366 g/mol. The zero-order valence-electron chi connectivity index (χ0n) is 13.0. The van der Waals surface area contributed by atoms with Crippen molar-refractivity contribution in [2.75, 3.05) is 4.90 Å². The number of carbonyl (C=O) groups excluding carboxylic acids is 1. The van der Waals surface area contributed by atoms with E-state index in [2.05, 4.69) is 9.98 Å². The minimum absolute atomic E-state index is 0.191. The molecular weight excluding hydrogens is 354 g/mol. The minimum atomic E-state index is -0.191. The molecule has 0 saturated carbocycles. The molecular formula is C19H12ClN3OS. The molecule has 1 aliphatic rings. The summed E-state index contributed by atoms with van der Waals surface area (Å²) in [6.07, 6.45) is 3.44. The fraction of sp³-hybridized carbons (Fsp3) is 0. The number of halogens is 1. The summed E-state index contributed by atoms with van der Waals surface area (Å²) in [6.45, 7) is 0. The molecule has 0 spiro atoms. The molecule has 0 atom stereocenters. The molecule has 6 heteroatoms. The molecule has 0 N–H and O–H groups in total. The SMILES string of the molecule is O=C1/C(=C/c2ccc(Cl)cc2)N=C(c2ccccc2)N1c1nccs1. The van der Waals surface area contributed by atoms with E-state index in [0.29, 0.717) is 21.7 Å². The summed E-state index contributed by atoms with van der Waals surface area (Å²) < 4.78 is 0. The second-order valence-electron chi connectivity index (χ2n) is 5.34. The summed E-state index contributed by atoms with van der Waals surface area (Å²) in [7, 11) is 0. The van der Waals surface area contributed by atoms with Crippen molar-refractivity contribution >= 4 is 45.9 Å². The molecule has 122 valence electrons. The predicted molar refractivity (Wildman–Crippen MR) is 102 cm³/mol. The van der Waals surface area contributed by atoms with Crippen molar-refractivity contribution < 1.29 is 4.79 Å². The average Bonchev–Trinajstić information content (AvgIpc) is 3.26. The highest BCUT2D eigenvalue weighted by Gasteiger charge is 2.33. The Balaban J connectivity index is 1.80. The first-order valence-corrected chi connectivity index (χ1v) is 8.83. The topological polar surface area (TPSA) is 45.6 Å². The maximum atomic E-state index is 12.9. The number of aromatic nitrogens is 1. The van der Waals surface area contributed by atoms with Crippen molar-refractivity contribution in [3.63, 3.8) is 0 Å². The lowest BCUT2D eigenvalue weighted by molar-refractivity contribution is -0.113. The van der Waals surface area contributed by atoms with Gasteiger partial charge in [0.2, 0.25) is 0 Å². The van der Waals surface area contributed by atoms with Crippen molar-refractivity contribution in [2.45, 2.75) is 0 Å². The monoisotopic (exact) mass is 365 g/mol. The number of hydrogen-bond acceptors (Lipinski definition) is 4. The van der Waals surface area contributed by atoms with Gasteiger partial charge in [-0.3, -0.25) is 4.79 Å². The Morgan fingerprint density at radius 3 is 2.48 bits per heavy atom. The summed E-state index contributed by atoms with van der Waals surface area (Å²) in [5, 5.41) is 3.09. The third kappa shape index (κ3) is 3.12. The highest BCUT2D eigenvalue weighted by molar-refractivity contribution is 7.14. The zero-order chi connectivity index (χ0) is 17.2. The molecule has 0 fully saturated rings. The van der Waals surface area contributed by atoms with Gasteiger partial charge in [0.15, 0.2) is 5.13 Å². The first kappa shape index (κ1) is 15.7. The quantitative estimate of drug-likeness (QED) is 0.635. The summed E-state index contributed by atoms with van der Waals surface area (Å²) in [5.74, 6) is 0.393. The van der Waals surface area contributed by atoms with E-state index in [9.17, 15) is 4.79 Å². The van der Waals surface area contributed by atoms with Crippen LogP contribution >= 0.6 is 22.9 Å². The van der Waals surface area contributed by atoms with Gasteiger partial charge < -0.3 is 0 Å². The number of rotatable bonds is 3. The van der Waals surface area contributed by atoms with Gasteiger partial charge in [0, 0.05) is 22.2 Å². The minimum Gasteiger partial charge on any atom is -0.266 e. The fourth-order valence-electron chi connectivity index (χ4n) is 2.52. The largest absolute Gasteiger partial charge is 0.284 e. The summed E-state index contributed by atoms with van der Waals surface area (Å²) >= 11 is 7.32. The van der Waals surface area contributed by atoms with E-state index in [4.69, 9.17) is 11.6 Å². The molecule has 4 nitrogen and oxygen atoms in total. The van der Waals surface area contributed by atoms with Crippen molar-refractivity contribution in [3.8, 4) is 0 Å². The Hall–Kier alpha value is -2.76. The van der Waals surface area contributed by atoms with Gasteiger partial charge >= 0.3 is 0 Å². The van der Waals surface area contributed by atoms with Crippen LogP contribution in [0.15, 0.2) is 76.9 Å². The molecule has 0 saturated heterocycles. The number of anilines is 1. The summed E-state index contributed by atoms with van der Waals surface area (Å²) in [6, 6.07) is 16.9. The van der Waals surface area contributed by atoms with E-state index in [1.54, 1.807) is 29.3 Å². The molecule has 3 aromatic rings. The highest BCUT2D eigenvalue weighted by Crippen LogP contribution is 2.29. The number of nitrogens with zero attached hydrogens (tertiary/aromatic N) is 3. The van der Waals surface area contributed by atoms with Gasteiger partial charge in [-0.05, 0) is 23.8 Å². The number of thiazole rings is 1. The number of hydrogen-bond donors (Lipinski definition) is 0. The lowest BCUT2D eigenvalue weighted by Crippen LogP contribution is -2.32. The molecule has 25 heavy (non-hydrogen) atoms. The standard InChI is InChI=1S/C19H12ClN3OS/c20-15-8-6-13(7-9-15)12-16-18(24)23(19-21-10-11-25-19)17(22-16)14-4-2-1-3-5-14/h1-12H/b16-12-. The van der Waals surface area contributed by atoms with Gasteiger partial charge in [0.1, 0.15) is 11.5 Å². The van der Waals surface area contributed by atoms with Crippen molar-refractivity contribution in [2.24, 2.45) is 4.99 Å². The molecule has 2 aromatic carbocycles. The third-order valence-corrected chi connectivity index (χ3v) is 4.68. The molecule has 1 amide bonds. The van der Waals surface area contributed by atoms with E-state index >= 15 is 0 Å². The normalized spacial score (nSPS) is 15.7. The van der Waals surface area contributed by atoms with Crippen LogP contribution in [0.5, 0.6) is 0 Å². The van der Waals surface area contributed by atoms with Gasteiger partial charge in [0.05, 0.1) is 0 Å². The van der Waals surface area contributed by atoms with Gasteiger partial charge in [-0.2, -0.15) is 0 Å². The van der Waals surface area contributed by atoms with Crippen LogP contribution in [0.4, 0.5) is 5.13 Å². The smallest absolute Gasteiger partial charge is 0.266 e. The van der Waals surface area contributed by atoms with Gasteiger partial charge in [0.25, 0.3) is 5.91 Å². The number of benzene rings is 2. The molecule has 2 heterocycles.